The van der Waals surface area contributed by atoms with Gasteiger partial charge >= 0.3 is 6.03 Å². The highest BCUT2D eigenvalue weighted by Gasteiger charge is 2.35. The molecule has 2 aromatic carbocycles. The summed E-state index contributed by atoms with van der Waals surface area (Å²) in [7, 11) is 1.53. The van der Waals surface area contributed by atoms with E-state index in [-0.39, 0.29) is 5.70 Å². The molecule has 0 radical (unpaired) electrons. The van der Waals surface area contributed by atoms with E-state index in [1.54, 1.807) is 42.5 Å². The minimum Gasteiger partial charge on any atom is -0.493 e. The van der Waals surface area contributed by atoms with Crippen LogP contribution in [0.2, 0.25) is 5.02 Å². The fourth-order valence-corrected chi connectivity index (χ4v) is 3.25. The topological polar surface area (TPSA) is 67.9 Å². The summed E-state index contributed by atoms with van der Waals surface area (Å²) >= 11 is 9.42. The lowest BCUT2D eigenvalue weighted by Crippen LogP contribution is -2.30. The molecule has 1 aliphatic rings. The van der Waals surface area contributed by atoms with Crippen molar-refractivity contribution in [2.45, 2.75) is 6.92 Å². The number of amides is 3. The Morgan fingerprint density at radius 3 is 2.67 bits per heavy atom. The zero-order valence-corrected chi connectivity index (χ0v) is 16.9. The number of nitrogens with one attached hydrogen (secondary N) is 1. The van der Waals surface area contributed by atoms with Crippen LogP contribution in [0.25, 0.3) is 6.08 Å². The number of urea groups is 1. The molecule has 3 amide bonds. The third-order valence-corrected chi connectivity index (χ3v) is 4.75. The summed E-state index contributed by atoms with van der Waals surface area (Å²) in [6, 6.07) is 9.48. The third-order valence-electron chi connectivity index (χ3n) is 3.83. The second kappa shape index (κ2) is 8.02. The third kappa shape index (κ3) is 3.94. The number of carbonyl (C=O) groups is 2. The highest BCUT2D eigenvalue weighted by molar-refractivity contribution is 9.10. The van der Waals surface area contributed by atoms with Gasteiger partial charge in [-0.3, -0.25) is 4.79 Å². The summed E-state index contributed by atoms with van der Waals surface area (Å²) in [4.78, 5) is 26.1. The molecule has 1 saturated heterocycles. The summed E-state index contributed by atoms with van der Waals surface area (Å²) in [5.74, 6) is 0.633. The van der Waals surface area contributed by atoms with E-state index in [2.05, 4.69) is 21.2 Å². The van der Waals surface area contributed by atoms with Crippen molar-refractivity contribution < 1.29 is 19.1 Å². The maximum atomic E-state index is 12.7. The van der Waals surface area contributed by atoms with Gasteiger partial charge in [0.1, 0.15) is 5.70 Å². The molecule has 1 aliphatic heterocycles. The van der Waals surface area contributed by atoms with Gasteiger partial charge in [-0.1, -0.05) is 33.6 Å². The van der Waals surface area contributed by atoms with Crippen LogP contribution in [0.4, 0.5) is 10.5 Å². The summed E-state index contributed by atoms with van der Waals surface area (Å²) in [5, 5.41) is 3.02. The van der Waals surface area contributed by atoms with Crippen LogP contribution in [0.5, 0.6) is 11.5 Å². The Bertz CT molecular complexity index is 945. The van der Waals surface area contributed by atoms with Gasteiger partial charge in [0, 0.05) is 9.50 Å². The van der Waals surface area contributed by atoms with Crippen molar-refractivity contribution in [2.24, 2.45) is 0 Å². The molecule has 1 N–H and O–H groups in total. The summed E-state index contributed by atoms with van der Waals surface area (Å²) < 4.78 is 11.6. The molecule has 0 bridgehead atoms. The Labute approximate surface area is 169 Å². The Morgan fingerprint density at radius 1 is 1.22 bits per heavy atom. The van der Waals surface area contributed by atoms with Gasteiger partial charge < -0.3 is 14.8 Å². The van der Waals surface area contributed by atoms with Crippen LogP contribution in [-0.4, -0.2) is 25.7 Å². The SMILES string of the molecule is CCOc1cc(Br)c(/C=C2/NC(=O)N(c3cccc(Cl)c3)C2=O)cc1OC. The molecular weight excluding hydrogens is 436 g/mol. The van der Waals surface area contributed by atoms with Gasteiger partial charge in [0.05, 0.1) is 19.4 Å². The second-order valence-corrected chi connectivity index (χ2v) is 6.86. The van der Waals surface area contributed by atoms with Crippen LogP contribution >= 0.6 is 27.5 Å². The van der Waals surface area contributed by atoms with Gasteiger partial charge in [-0.25, -0.2) is 9.69 Å². The average molecular weight is 452 g/mol. The van der Waals surface area contributed by atoms with Crippen LogP contribution in [0.15, 0.2) is 46.6 Å². The van der Waals surface area contributed by atoms with Crippen molar-refractivity contribution in [1.82, 2.24) is 5.32 Å². The van der Waals surface area contributed by atoms with E-state index in [1.807, 2.05) is 6.92 Å². The molecule has 3 rings (SSSR count). The molecule has 0 aromatic heterocycles. The molecular formula is C19H16BrClN2O4. The van der Waals surface area contributed by atoms with Gasteiger partial charge in [0.25, 0.3) is 5.91 Å². The zero-order chi connectivity index (χ0) is 19.6. The Balaban J connectivity index is 1.96. The average Bonchev–Trinajstić information content (AvgIpc) is 2.91. The number of rotatable bonds is 5. The summed E-state index contributed by atoms with van der Waals surface area (Å²) in [6.45, 7) is 2.37. The molecule has 0 spiro atoms. The fraction of sp³-hybridized carbons (Fsp3) is 0.158. The molecule has 2 aromatic rings. The maximum Gasteiger partial charge on any atom is 0.333 e. The van der Waals surface area contributed by atoms with Crippen molar-refractivity contribution in [3.8, 4) is 11.5 Å². The molecule has 0 atom stereocenters. The van der Waals surface area contributed by atoms with E-state index in [9.17, 15) is 9.59 Å². The molecule has 0 aliphatic carbocycles. The Hall–Kier alpha value is -2.51. The van der Waals surface area contributed by atoms with Crippen LogP contribution in [0.3, 0.4) is 0 Å². The number of hydrogen-bond donors (Lipinski definition) is 1. The number of methoxy groups -OCH3 is 1. The smallest absolute Gasteiger partial charge is 0.333 e. The molecule has 1 fully saturated rings. The first-order valence-electron chi connectivity index (χ1n) is 8.07. The number of ether oxygens (including phenoxy) is 2. The van der Waals surface area contributed by atoms with E-state index in [1.165, 1.54) is 7.11 Å². The lowest BCUT2D eigenvalue weighted by Gasteiger charge is -2.12. The Morgan fingerprint density at radius 2 is 2.00 bits per heavy atom. The molecule has 8 heteroatoms. The highest BCUT2D eigenvalue weighted by Crippen LogP contribution is 2.35. The van der Waals surface area contributed by atoms with E-state index in [0.717, 1.165) is 4.90 Å². The van der Waals surface area contributed by atoms with Gasteiger partial charge in [-0.15, -0.1) is 0 Å². The maximum absolute atomic E-state index is 12.7. The number of halogens is 2. The minimum atomic E-state index is -0.539. The van der Waals surface area contributed by atoms with E-state index in [0.29, 0.717) is 38.9 Å². The first-order valence-corrected chi connectivity index (χ1v) is 9.24. The first-order chi connectivity index (χ1) is 12.9. The number of hydrogen-bond acceptors (Lipinski definition) is 4. The number of imide groups is 1. The predicted molar refractivity (Wildman–Crippen MR) is 107 cm³/mol. The van der Waals surface area contributed by atoms with Crippen LogP contribution in [0, 0.1) is 0 Å². The number of nitrogens with zero attached hydrogens (tertiary/aromatic N) is 1. The lowest BCUT2D eigenvalue weighted by molar-refractivity contribution is -0.113. The van der Waals surface area contributed by atoms with Crippen molar-refractivity contribution in [3.63, 3.8) is 0 Å². The van der Waals surface area contributed by atoms with Crippen molar-refractivity contribution >= 4 is 51.2 Å². The zero-order valence-electron chi connectivity index (χ0n) is 14.6. The normalized spacial score (nSPS) is 15.3. The predicted octanol–water partition coefficient (Wildman–Crippen LogP) is 4.61. The van der Waals surface area contributed by atoms with E-state index < -0.39 is 11.9 Å². The molecule has 0 saturated carbocycles. The van der Waals surface area contributed by atoms with Crippen LogP contribution < -0.4 is 19.7 Å². The van der Waals surface area contributed by atoms with Crippen LogP contribution in [0.1, 0.15) is 12.5 Å². The van der Waals surface area contributed by atoms with E-state index in [4.69, 9.17) is 21.1 Å². The van der Waals surface area contributed by atoms with Crippen LogP contribution in [-0.2, 0) is 4.79 Å². The number of anilines is 1. The molecule has 140 valence electrons. The van der Waals surface area contributed by atoms with Gasteiger partial charge in [0.15, 0.2) is 11.5 Å². The van der Waals surface area contributed by atoms with Gasteiger partial charge in [-0.2, -0.15) is 0 Å². The standard InChI is InChI=1S/C19H16BrClN2O4/c1-3-27-17-10-14(20)11(8-16(17)26-2)7-15-18(24)23(19(25)22-15)13-6-4-5-12(21)9-13/h4-10H,3H2,1-2H3,(H,22,25)/b15-7+. The minimum absolute atomic E-state index is 0.145. The molecule has 0 unspecified atom stereocenters. The summed E-state index contributed by atoms with van der Waals surface area (Å²) in [6.07, 6.45) is 1.58. The lowest BCUT2D eigenvalue weighted by atomic mass is 10.1. The number of benzene rings is 2. The van der Waals surface area contributed by atoms with Crippen molar-refractivity contribution in [3.05, 3.63) is 57.2 Å². The van der Waals surface area contributed by atoms with Gasteiger partial charge in [-0.05, 0) is 48.9 Å². The fourth-order valence-electron chi connectivity index (χ4n) is 2.63. The largest absolute Gasteiger partial charge is 0.493 e. The molecule has 6 nitrogen and oxygen atoms in total. The quantitative estimate of drug-likeness (QED) is 0.532. The number of carbonyl (C=O) groups excluding carboxylic acids is 2. The van der Waals surface area contributed by atoms with E-state index >= 15 is 0 Å². The van der Waals surface area contributed by atoms with Crippen molar-refractivity contribution in [2.75, 3.05) is 18.6 Å². The highest BCUT2D eigenvalue weighted by atomic mass is 79.9. The Kier molecular flexibility index (Phi) is 5.72. The first kappa shape index (κ1) is 19.3. The monoisotopic (exact) mass is 450 g/mol. The van der Waals surface area contributed by atoms with Crippen molar-refractivity contribution in [1.29, 1.82) is 0 Å². The summed E-state index contributed by atoms with van der Waals surface area (Å²) in [5.41, 5.74) is 1.20. The second-order valence-electron chi connectivity index (χ2n) is 5.57. The molecule has 1 heterocycles. The van der Waals surface area contributed by atoms with Gasteiger partial charge in [0.2, 0.25) is 0 Å². The molecule has 27 heavy (non-hydrogen) atoms.